The summed E-state index contributed by atoms with van der Waals surface area (Å²) in [6.45, 7) is 0. The van der Waals surface area contributed by atoms with Gasteiger partial charge >= 0.3 is 0 Å². The van der Waals surface area contributed by atoms with Gasteiger partial charge in [-0.25, -0.2) is 0 Å². The monoisotopic (exact) mass is 348 g/mol. The number of carbonyl (C=O) groups is 2. The van der Waals surface area contributed by atoms with Gasteiger partial charge in [-0.15, -0.1) is 0 Å². The van der Waals surface area contributed by atoms with Crippen molar-refractivity contribution in [3.05, 3.63) is 52.5 Å². The molecule has 3 N–H and O–H groups in total. The standard InChI is InChI=1S/C17H17ClN2O4/c1-23-12-4-6-15(24-2)10(7-12)8-16(21)20-11-3-5-13(17(19)22)14(18)9-11/h3-7,9H,8H2,1-2H3,(H2,19,22)(H,20,21). The largest absolute Gasteiger partial charge is 0.497 e. The van der Waals surface area contributed by atoms with Crippen LogP contribution >= 0.6 is 11.6 Å². The highest BCUT2D eigenvalue weighted by molar-refractivity contribution is 6.34. The van der Waals surface area contributed by atoms with Gasteiger partial charge in [0.15, 0.2) is 0 Å². The molecule has 0 aliphatic rings. The van der Waals surface area contributed by atoms with E-state index in [1.54, 1.807) is 31.4 Å². The summed E-state index contributed by atoms with van der Waals surface area (Å²) >= 11 is 5.97. The van der Waals surface area contributed by atoms with Crippen LogP contribution < -0.4 is 20.5 Å². The zero-order valence-electron chi connectivity index (χ0n) is 13.3. The molecule has 7 heteroatoms. The molecule has 24 heavy (non-hydrogen) atoms. The Balaban J connectivity index is 2.14. The van der Waals surface area contributed by atoms with Crippen molar-refractivity contribution < 1.29 is 19.1 Å². The SMILES string of the molecule is COc1ccc(OC)c(CC(=O)Nc2ccc(C(N)=O)c(Cl)c2)c1. The molecule has 0 saturated heterocycles. The van der Waals surface area contributed by atoms with E-state index < -0.39 is 5.91 Å². The van der Waals surface area contributed by atoms with E-state index in [9.17, 15) is 9.59 Å². The van der Waals surface area contributed by atoms with Gasteiger partial charge in [0.05, 0.1) is 31.2 Å². The van der Waals surface area contributed by atoms with Gasteiger partial charge in [-0.2, -0.15) is 0 Å². The lowest BCUT2D eigenvalue weighted by molar-refractivity contribution is -0.115. The summed E-state index contributed by atoms with van der Waals surface area (Å²) in [5.41, 5.74) is 6.55. The molecular weight excluding hydrogens is 332 g/mol. The van der Waals surface area contributed by atoms with Gasteiger partial charge in [0.2, 0.25) is 11.8 Å². The Morgan fingerprint density at radius 3 is 2.46 bits per heavy atom. The molecule has 126 valence electrons. The third kappa shape index (κ3) is 4.17. The van der Waals surface area contributed by atoms with Crippen molar-refractivity contribution in [3.63, 3.8) is 0 Å². The van der Waals surface area contributed by atoms with Gasteiger partial charge in [-0.1, -0.05) is 11.6 Å². The summed E-state index contributed by atoms with van der Waals surface area (Å²) in [5.74, 6) is 0.337. The number of rotatable bonds is 6. The normalized spacial score (nSPS) is 10.1. The number of amides is 2. The second-order valence-electron chi connectivity index (χ2n) is 4.96. The number of primary amides is 1. The number of hydrogen-bond donors (Lipinski definition) is 2. The molecule has 0 atom stereocenters. The Kier molecular flexibility index (Phi) is 5.65. The van der Waals surface area contributed by atoms with Crippen LogP contribution in [-0.4, -0.2) is 26.0 Å². The minimum Gasteiger partial charge on any atom is -0.497 e. The fourth-order valence-electron chi connectivity index (χ4n) is 2.19. The first-order valence-corrected chi connectivity index (χ1v) is 7.42. The van der Waals surface area contributed by atoms with Crippen LogP contribution in [-0.2, 0) is 11.2 Å². The molecule has 2 rings (SSSR count). The van der Waals surface area contributed by atoms with Crippen LogP contribution in [0.4, 0.5) is 5.69 Å². The van der Waals surface area contributed by atoms with E-state index in [4.69, 9.17) is 26.8 Å². The summed E-state index contributed by atoms with van der Waals surface area (Å²) < 4.78 is 10.4. The van der Waals surface area contributed by atoms with Crippen molar-refractivity contribution in [2.75, 3.05) is 19.5 Å². The van der Waals surface area contributed by atoms with Gasteiger partial charge in [-0.05, 0) is 36.4 Å². The quantitative estimate of drug-likeness (QED) is 0.839. The van der Waals surface area contributed by atoms with E-state index in [1.807, 2.05) is 0 Å². The Morgan fingerprint density at radius 2 is 1.88 bits per heavy atom. The lowest BCUT2D eigenvalue weighted by atomic mass is 10.1. The molecular formula is C17H17ClN2O4. The van der Waals surface area contributed by atoms with Crippen molar-refractivity contribution in [3.8, 4) is 11.5 Å². The van der Waals surface area contributed by atoms with E-state index in [2.05, 4.69) is 5.32 Å². The first kappa shape index (κ1) is 17.6. The zero-order valence-corrected chi connectivity index (χ0v) is 14.0. The van der Waals surface area contributed by atoms with Gasteiger partial charge in [0, 0.05) is 11.3 Å². The smallest absolute Gasteiger partial charge is 0.250 e. The minimum absolute atomic E-state index is 0.0928. The van der Waals surface area contributed by atoms with Crippen LogP contribution in [0.1, 0.15) is 15.9 Å². The molecule has 0 spiro atoms. The van der Waals surface area contributed by atoms with Crippen molar-refractivity contribution >= 4 is 29.1 Å². The number of benzene rings is 2. The average Bonchev–Trinajstić information content (AvgIpc) is 2.54. The van der Waals surface area contributed by atoms with Crippen LogP contribution in [0.5, 0.6) is 11.5 Å². The first-order valence-electron chi connectivity index (χ1n) is 7.04. The average molecular weight is 349 g/mol. The predicted molar refractivity (Wildman–Crippen MR) is 91.8 cm³/mol. The minimum atomic E-state index is -0.626. The fraction of sp³-hybridized carbons (Fsp3) is 0.176. The van der Waals surface area contributed by atoms with E-state index in [0.717, 1.165) is 0 Å². The number of hydrogen-bond acceptors (Lipinski definition) is 4. The number of carbonyl (C=O) groups excluding carboxylic acids is 2. The number of ether oxygens (including phenoxy) is 2. The second-order valence-corrected chi connectivity index (χ2v) is 5.37. The van der Waals surface area contributed by atoms with Gasteiger partial charge in [0.25, 0.3) is 0 Å². The van der Waals surface area contributed by atoms with E-state index in [-0.39, 0.29) is 22.9 Å². The van der Waals surface area contributed by atoms with Crippen molar-refractivity contribution in [2.24, 2.45) is 5.73 Å². The molecule has 2 aromatic rings. The Hall–Kier alpha value is -2.73. The number of nitrogens with two attached hydrogens (primary N) is 1. The number of methoxy groups -OCH3 is 2. The van der Waals surface area contributed by atoms with E-state index >= 15 is 0 Å². The third-order valence-electron chi connectivity index (χ3n) is 3.36. The van der Waals surface area contributed by atoms with Crippen molar-refractivity contribution in [1.82, 2.24) is 0 Å². The van der Waals surface area contributed by atoms with E-state index in [1.165, 1.54) is 19.2 Å². The molecule has 0 radical (unpaired) electrons. The molecule has 0 bridgehead atoms. The fourth-order valence-corrected chi connectivity index (χ4v) is 2.46. The Bertz CT molecular complexity index is 777. The molecule has 2 amide bonds. The number of halogens is 1. The zero-order chi connectivity index (χ0) is 17.7. The summed E-state index contributed by atoms with van der Waals surface area (Å²) in [6, 6.07) is 9.73. The molecule has 0 aliphatic carbocycles. The molecule has 0 aliphatic heterocycles. The molecule has 2 aromatic carbocycles. The first-order chi connectivity index (χ1) is 11.4. The maximum absolute atomic E-state index is 12.2. The van der Waals surface area contributed by atoms with Crippen molar-refractivity contribution in [2.45, 2.75) is 6.42 Å². The molecule has 6 nitrogen and oxygen atoms in total. The maximum Gasteiger partial charge on any atom is 0.250 e. The summed E-state index contributed by atoms with van der Waals surface area (Å²) in [6.07, 6.45) is 0.0928. The highest BCUT2D eigenvalue weighted by Crippen LogP contribution is 2.25. The molecule has 0 unspecified atom stereocenters. The summed E-state index contributed by atoms with van der Waals surface area (Å²) in [4.78, 5) is 23.4. The molecule has 0 heterocycles. The van der Waals surface area contributed by atoms with Crippen LogP contribution in [0.3, 0.4) is 0 Å². The lowest BCUT2D eigenvalue weighted by Gasteiger charge is -2.11. The van der Waals surface area contributed by atoms with Gasteiger partial charge < -0.3 is 20.5 Å². The van der Waals surface area contributed by atoms with E-state index in [0.29, 0.717) is 22.7 Å². The maximum atomic E-state index is 12.2. The van der Waals surface area contributed by atoms with Crippen LogP contribution in [0.25, 0.3) is 0 Å². The number of nitrogens with one attached hydrogen (secondary N) is 1. The summed E-state index contributed by atoms with van der Waals surface area (Å²) in [7, 11) is 3.08. The summed E-state index contributed by atoms with van der Waals surface area (Å²) in [5, 5.41) is 2.89. The Morgan fingerprint density at radius 1 is 1.12 bits per heavy atom. The molecule has 0 fully saturated rings. The molecule has 0 saturated carbocycles. The van der Waals surface area contributed by atoms with Gasteiger partial charge in [-0.3, -0.25) is 9.59 Å². The number of anilines is 1. The highest BCUT2D eigenvalue weighted by atomic mass is 35.5. The highest BCUT2D eigenvalue weighted by Gasteiger charge is 2.12. The topological polar surface area (TPSA) is 90.7 Å². The van der Waals surface area contributed by atoms with Gasteiger partial charge in [0.1, 0.15) is 11.5 Å². The Labute approximate surface area is 144 Å². The lowest BCUT2D eigenvalue weighted by Crippen LogP contribution is -2.16. The molecule has 0 aromatic heterocycles. The van der Waals surface area contributed by atoms with Crippen LogP contribution in [0, 0.1) is 0 Å². The van der Waals surface area contributed by atoms with Crippen LogP contribution in [0.15, 0.2) is 36.4 Å². The third-order valence-corrected chi connectivity index (χ3v) is 3.67. The second kappa shape index (κ2) is 7.70. The van der Waals surface area contributed by atoms with Crippen molar-refractivity contribution in [1.29, 1.82) is 0 Å². The van der Waals surface area contributed by atoms with Crippen LogP contribution in [0.2, 0.25) is 5.02 Å². The predicted octanol–water partition coefficient (Wildman–Crippen LogP) is 2.64.